The molecule has 0 fully saturated rings. The van der Waals surface area contributed by atoms with E-state index >= 15 is 0 Å². The van der Waals surface area contributed by atoms with Gasteiger partial charge in [-0.25, -0.2) is 12.8 Å². The number of halogens is 1. The van der Waals surface area contributed by atoms with Crippen molar-refractivity contribution < 1.29 is 22.3 Å². The zero-order valence-corrected chi connectivity index (χ0v) is 15.6. The van der Waals surface area contributed by atoms with E-state index < -0.39 is 27.8 Å². The van der Waals surface area contributed by atoms with Gasteiger partial charge < -0.3 is 10.1 Å². The van der Waals surface area contributed by atoms with Crippen molar-refractivity contribution in [2.75, 3.05) is 17.7 Å². The third-order valence-corrected chi connectivity index (χ3v) is 4.99. The van der Waals surface area contributed by atoms with Crippen molar-refractivity contribution >= 4 is 21.6 Å². The molecule has 0 saturated carbocycles. The second-order valence-electron chi connectivity index (χ2n) is 5.78. The van der Waals surface area contributed by atoms with Crippen LogP contribution in [0.1, 0.15) is 12.5 Å². The lowest BCUT2D eigenvalue weighted by atomic mass is 10.2. The molecule has 26 heavy (non-hydrogen) atoms. The number of rotatable bonds is 7. The summed E-state index contributed by atoms with van der Waals surface area (Å²) in [4.78, 5) is 12.5. The highest BCUT2D eigenvalue weighted by Gasteiger charge is 2.29. The number of hydrogen-bond acceptors (Lipinski definition) is 4. The predicted molar refractivity (Wildman–Crippen MR) is 98.0 cm³/mol. The molecule has 0 aromatic heterocycles. The summed E-state index contributed by atoms with van der Waals surface area (Å²) in [6.07, 6.45) is 0.976. The predicted octanol–water partition coefficient (Wildman–Crippen LogP) is 2.31. The molecule has 2 aromatic rings. The molecule has 2 rings (SSSR count). The zero-order chi connectivity index (χ0) is 19.3. The van der Waals surface area contributed by atoms with Crippen LogP contribution in [0.3, 0.4) is 0 Å². The molecule has 1 N–H and O–H groups in total. The number of amides is 1. The molecule has 8 heteroatoms. The van der Waals surface area contributed by atoms with Crippen molar-refractivity contribution in [1.82, 2.24) is 5.32 Å². The van der Waals surface area contributed by atoms with E-state index in [1.807, 2.05) is 6.07 Å². The second kappa shape index (κ2) is 8.18. The van der Waals surface area contributed by atoms with Crippen LogP contribution in [0.25, 0.3) is 0 Å². The smallest absolute Gasteiger partial charge is 0.243 e. The largest absolute Gasteiger partial charge is 0.497 e. The highest BCUT2D eigenvalue weighted by Crippen LogP contribution is 2.21. The summed E-state index contributed by atoms with van der Waals surface area (Å²) in [7, 11) is -2.24. The number of ether oxygens (including phenoxy) is 1. The molecule has 1 atom stereocenters. The van der Waals surface area contributed by atoms with Crippen LogP contribution in [-0.4, -0.2) is 33.7 Å². The fourth-order valence-corrected chi connectivity index (χ4v) is 3.71. The van der Waals surface area contributed by atoms with Crippen molar-refractivity contribution in [2.45, 2.75) is 19.5 Å². The van der Waals surface area contributed by atoms with Gasteiger partial charge >= 0.3 is 0 Å². The first-order valence-electron chi connectivity index (χ1n) is 7.88. The first-order valence-corrected chi connectivity index (χ1v) is 9.73. The number of carbonyl (C=O) groups excluding carboxylic acids is 1. The fourth-order valence-electron chi connectivity index (χ4n) is 2.54. The lowest BCUT2D eigenvalue weighted by Crippen LogP contribution is -2.47. The molecule has 0 spiro atoms. The summed E-state index contributed by atoms with van der Waals surface area (Å²) in [6.45, 7) is 1.66. The van der Waals surface area contributed by atoms with Crippen molar-refractivity contribution in [3.8, 4) is 5.75 Å². The molecule has 0 aliphatic carbocycles. The summed E-state index contributed by atoms with van der Waals surface area (Å²) in [6, 6.07) is 11.2. The minimum Gasteiger partial charge on any atom is -0.497 e. The quantitative estimate of drug-likeness (QED) is 0.800. The van der Waals surface area contributed by atoms with Crippen LogP contribution in [0, 0.1) is 5.82 Å². The Morgan fingerprint density at radius 1 is 1.23 bits per heavy atom. The van der Waals surface area contributed by atoms with Crippen molar-refractivity contribution in [3.05, 3.63) is 59.9 Å². The van der Waals surface area contributed by atoms with Gasteiger partial charge in [0.05, 0.1) is 19.1 Å². The summed E-state index contributed by atoms with van der Waals surface area (Å²) in [5.74, 6) is -0.426. The molecule has 140 valence electrons. The van der Waals surface area contributed by atoms with Crippen LogP contribution in [-0.2, 0) is 21.4 Å². The Morgan fingerprint density at radius 2 is 1.92 bits per heavy atom. The van der Waals surface area contributed by atoms with Crippen molar-refractivity contribution in [2.24, 2.45) is 0 Å². The molecule has 0 radical (unpaired) electrons. The number of sulfonamides is 1. The van der Waals surface area contributed by atoms with Gasteiger partial charge in [0.25, 0.3) is 0 Å². The van der Waals surface area contributed by atoms with Gasteiger partial charge in [0.2, 0.25) is 15.9 Å². The van der Waals surface area contributed by atoms with E-state index in [-0.39, 0.29) is 12.2 Å². The number of anilines is 1. The van der Waals surface area contributed by atoms with E-state index in [1.54, 1.807) is 25.3 Å². The number of nitrogens with zero attached hydrogens (tertiary/aromatic N) is 1. The SMILES string of the molecule is COc1cccc(CNC(=O)C(C)N(c2cccc(F)c2)S(C)(=O)=O)c1. The Bertz CT molecular complexity index is 886. The Morgan fingerprint density at radius 3 is 2.54 bits per heavy atom. The van der Waals surface area contributed by atoms with Gasteiger partial charge in [-0.3, -0.25) is 9.10 Å². The van der Waals surface area contributed by atoms with Gasteiger partial charge in [-0.2, -0.15) is 0 Å². The molecule has 0 aliphatic heterocycles. The average Bonchev–Trinajstić information content (AvgIpc) is 2.58. The third-order valence-electron chi connectivity index (χ3n) is 3.75. The molecular weight excluding hydrogens is 359 g/mol. The van der Waals surface area contributed by atoms with E-state index in [4.69, 9.17) is 4.74 Å². The van der Waals surface area contributed by atoms with Crippen LogP contribution in [0.15, 0.2) is 48.5 Å². The van der Waals surface area contributed by atoms with Gasteiger partial charge in [-0.05, 0) is 42.8 Å². The van der Waals surface area contributed by atoms with Gasteiger partial charge in [0.15, 0.2) is 0 Å². The van der Waals surface area contributed by atoms with Gasteiger partial charge in [-0.15, -0.1) is 0 Å². The van der Waals surface area contributed by atoms with Gasteiger partial charge in [0.1, 0.15) is 17.6 Å². The number of methoxy groups -OCH3 is 1. The summed E-state index contributed by atoms with van der Waals surface area (Å²) in [5, 5.41) is 2.69. The molecular formula is C18H21FN2O4S. The minimum atomic E-state index is -3.79. The van der Waals surface area contributed by atoms with E-state index in [2.05, 4.69) is 5.32 Å². The van der Waals surface area contributed by atoms with Crippen LogP contribution in [0.4, 0.5) is 10.1 Å². The molecule has 0 bridgehead atoms. The number of nitrogens with one attached hydrogen (secondary N) is 1. The maximum absolute atomic E-state index is 13.5. The Hall–Kier alpha value is -2.61. The van der Waals surface area contributed by atoms with Gasteiger partial charge in [0, 0.05) is 6.54 Å². The van der Waals surface area contributed by atoms with Crippen LogP contribution in [0.5, 0.6) is 5.75 Å². The van der Waals surface area contributed by atoms with Crippen LogP contribution < -0.4 is 14.4 Å². The second-order valence-corrected chi connectivity index (χ2v) is 7.64. The fraction of sp³-hybridized carbons (Fsp3) is 0.278. The number of benzene rings is 2. The molecule has 0 saturated heterocycles. The van der Waals surface area contributed by atoms with E-state index in [9.17, 15) is 17.6 Å². The lowest BCUT2D eigenvalue weighted by Gasteiger charge is -2.28. The van der Waals surface area contributed by atoms with Gasteiger partial charge in [-0.1, -0.05) is 18.2 Å². The normalized spacial score (nSPS) is 12.3. The minimum absolute atomic E-state index is 0.0940. The van der Waals surface area contributed by atoms with E-state index in [0.717, 1.165) is 22.2 Å². The molecule has 1 unspecified atom stereocenters. The van der Waals surface area contributed by atoms with E-state index in [0.29, 0.717) is 5.75 Å². The maximum Gasteiger partial charge on any atom is 0.243 e. The van der Waals surface area contributed by atoms with Crippen molar-refractivity contribution in [1.29, 1.82) is 0 Å². The topological polar surface area (TPSA) is 75.7 Å². The zero-order valence-electron chi connectivity index (χ0n) is 14.8. The van der Waals surface area contributed by atoms with Crippen LogP contribution >= 0.6 is 0 Å². The molecule has 6 nitrogen and oxygen atoms in total. The highest BCUT2D eigenvalue weighted by molar-refractivity contribution is 7.92. The first kappa shape index (κ1) is 19.7. The summed E-state index contributed by atoms with van der Waals surface area (Å²) in [5.41, 5.74) is 0.901. The monoisotopic (exact) mass is 380 g/mol. The number of hydrogen-bond donors (Lipinski definition) is 1. The Balaban J connectivity index is 2.17. The van der Waals surface area contributed by atoms with Crippen LogP contribution in [0.2, 0.25) is 0 Å². The Kier molecular flexibility index (Phi) is 6.20. The molecule has 2 aromatic carbocycles. The lowest BCUT2D eigenvalue weighted by molar-refractivity contribution is -0.122. The Labute approximate surface area is 152 Å². The van der Waals surface area contributed by atoms with Crippen molar-refractivity contribution in [3.63, 3.8) is 0 Å². The number of carbonyl (C=O) groups is 1. The summed E-state index contributed by atoms with van der Waals surface area (Å²) < 4.78 is 43.8. The average molecular weight is 380 g/mol. The summed E-state index contributed by atoms with van der Waals surface area (Å²) >= 11 is 0. The molecule has 1 amide bonds. The standard InChI is InChI=1S/C18H21FN2O4S/c1-13(18(22)20-12-14-6-4-9-17(10-14)25-2)21(26(3,23)24)16-8-5-7-15(19)11-16/h4-11,13H,12H2,1-3H3,(H,20,22). The molecule has 0 heterocycles. The van der Waals surface area contributed by atoms with E-state index in [1.165, 1.54) is 25.1 Å². The first-order chi connectivity index (χ1) is 12.2. The molecule has 0 aliphatic rings. The third kappa shape index (κ3) is 4.95. The highest BCUT2D eigenvalue weighted by atomic mass is 32.2. The maximum atomic E-state index is 13.5.